The topological polar surface area (TPSA) is 59.3 Å². The van der Waals surface area contributed by atoms with E-state index in [1.54, 1.807) is 31.4 Å². The average molecular weight is 315 g/mol. The molecule has 0 saturated heterocycles. The van der Waals surface area contributed by atoms with Gasteiger partial charge in [-0.15, -0.1) is 0 Å². The van der Waals surface area contributed by atoms with Gasteiger partial charge in [0.25, 0.3) is 0 Å². The highest BCUT2D eigenvalue weighted by Crippen LogP contribution is 2.16. The Kier molecular flexibility index (Phi) is 8.52. The van der Waals surface area contributed by atoms with Crippen LogP contribution in [-0.2, 0) is 9.53 Å². The third-order valence-electron chi connectivity index (χ3n) is 3.76. The Balaban J connectivity index is 2.66. The molecular weight excluding hydrogens is 290 g/mol. The summed E-state index contributed by atoms with van der Waals surface area (Å²) in [6.07, 6.45) is 5.81. The number of carbonyl (C=O) groups excluding carboxylic acids is 1. The van der Waals surface area contributed by atoms with Crippen LogP contribution >= 0.6 is 0 Å². The molecule has 0 N–H and O–H groups in total. The van der Waals surface area contributed by atoms with E-state index in [0.717, 1.165) is 37.0 Å². The zero-order chi connectivity index (χ0) is 17.1. The Hall–Kier alpha value is -2.28. The summed E-state index contributed by atoms with van der Waals surface area (Å²) in [4.78, 5) is 12.1. The standard InChI is InChI=1S/C19H25NO3/c1-4-6-7-15(5-2)14-23-19(21)17(13-20)12-16-8-10-18(22-3)11-9-16/h8-12,15H,4-7,14H2,1-3H3/b17-12+/t15-/m0/s1. The van der Waals surface area contributed by atoms with Crippen LogP contribution in [0.5, 0.6) is 5.75 Å². The summed E-state index contributed by atoms with van der Waals surface area (Å²) >= 11 is 0. The van der Waals surface area contributed by atoms with Crippen molar-refractivity contribution in [3.05, 3.63) is 35.4 Å². The van der Waals surface area contributed by atoms with E-state index in [1.807, 2.05) is 6.07 Å². The van der Waals surface area contributed by atoms with E-state index in [9.17, 15) is 10.1 Å². The first-order valence-corrected chi connectivity index (χ1v) is 8.07. The van der Waals surface area contributed by atoms with Gasteiger partial charge >= 0.3 is 5.97 Å². The van der Waals surface area contributed by atoms with E-state index >= 15 is 0 Å². The molecule has 0 amide bonds. The lowest BCUT2D eigenvalue weighted by molar-refractivity contribution is -0.139. The van der Waals surface area contributed by atoms with E-state index < -0.39 is 5.97 Å². The van der Waals surface area contributed by atoms with E-state index in [2.05, 4.69) is 13.8 Å². The second-order valence-corrected chi connectivity index (χ2v) is 5.46. The molecule has 124 valence electrons. The van der Waals surface area contributed by atoms with Crippen LogP contribution in [0.3, 0.4) is 0 Å². The molecule has 0 saturated carbocycles. The molecule has 1 rings (SSSR count). The molecule has 1 aromatic rings. The van der Waals surface area contributed by atoms with Crippen molar-refractivity contribution in [2.75, 3.05) is 13.7 Å². The minimum absolute atomic E-state index is 0.0144. The normalized spacial score (nSPS) is 12.3. The van der Waals surface area contributed by atoms with Gasteiger partial charge < -0.3 is 9.47 Å². The molecule has 23 heavy (non-hydrogen) atoms. The van der Waals surface area contributed by atoms with Gasteiger partial charge in [0.05, 0.1) is 13.7 Å². The second-order valence-electron chi connectivity index (χ2n) is 5.46. The number of hydrogen-bond acceptors (Lipinski definition) is 4. The van der Waals surface area contributed by atoms with Crippen molar-refractivity contribution in [1.82, 2.24) is 0 Å². The smallest absolute Gasteiger partial charge is 0.348 e. The number of hydrogen-bond donors (Lipinski definition) is 0. The molecule has 0 aliphatic carbocycles. The largest absolute Gasteiger partial charge is 0.497 e. The molecule has 0 aliphatic heterocycles. The average Bonchev–Trinajstić information content (AvgIpc) is 2.60. The highest BCUT2D eigenvalue weighted by atomic mass is 16.5. The van der Waals surface area contributed by atoms with Crippen LogP contribution in [0.15, 0.2) is 29.8 Å². The Morgan fingerprint density at radius 1 is 1.30 bits per heavy atom. The number of methoxy groups -OCH3 is 1. The Bertz CT molecular complexity index is 555. The molecule has 0 radical (unpaired) electrons. The van der Waals surface area contributed by atoms with E-state index in [1.165, 1.54) is 6.08 Å². The maximum atomic E-state index is 12.1. The van der Waals surface area contributed by atoms with Gasteiger partial charge in [0.1, 0.15) is 17.4 Å². The van der Waals surface area contributed by atoms with Crippen LogP contribution < -0.4 is 4.74 Å². The van der Waals surface area contributed by atoms with Gasteiger partial charge in [-0.25, -0.2) is 4.79 Å². The van der Waals surface area contributed by atoms with Crippen LogP contribution in [0.25, 0.3) is 6.08 Å². The SMILES string of the molecule is CCCC[C@H](CC)COC(=O)/C(C#N)=C/c1ccc(OC)cc1. The lowest BCUT2D eigenvalue weighted by Crippen LogP contribution is -2.14. The summed E-state index contributed by atoms with van der Waals surface area (Å²) in [6, 6.07) is 9.07. The van der Waals surface area contributed by atoms with Crippen molar-refractivity contribution in [1.29, 1.82) is 5.26 Å². The number of ether oxygens (including phenoxy) is 2. The third kappa shape index (κ3) is 6.56. The predicted molar refractivity (Wildman–Crippen MR) is 90.8 cm³/mol. The quantitative estimate of drug-likeness (QED) is 0.386. The Labute approximate surface area is 138 Å². The molecule has 4 heteroatoms. The summed E-state index contributed by atoms with van der Waals surface area (Å²) in [5.41, 5.74) is 0.776. The molecule has 0 unspecified atom stereocenters. The van der Waals surface area contributed by atoms with Gasteiger partial charge in [0.2, 0.25) is 0 Å². The molecule has 0 aromatic heterocycles. The van der Waals surface area contributed by atoms with Crippen LogP contribution in [0.2, 0.25) is 0 Å². The number of nitrogens with zero attached hydrogens (tertiary/aromatic N) is 1. The fourth-order valence-electron chi connectivity index (χ4n) is 2.17. The maximum Gasteiger partial charge on any atom is 0.348 e. The summed E-state index contributed by atoms with van der Waals surface area (Å²) in [5.74, 6) is 0.531. The van der Waals surface area contributed by atoms with Crippen molar-refractivity contribution < 1.29 is 14.3 Å². The fraction of sp³-hybridized carbons (Fsp3) is 0.474. The molecule has 4 nitrogen and oxygen atoms in total. The van der Waals surface area contributed by atoms with Crippen LogP contribution in [0.1, 0.15) is 45.1 Å². The van der Waals surface area contributed by atoms with Gasteiger partial charge in [0, 0.05) is 0 Å². The Morgan fingerprint density at radius 3 is 2.52 bits per heavy atom. The summed E-state index contributed by atoms with van der Waals surface area (Å²) in [5, 5.41) is 9.18. The lowest BCUT2D eigenvalue weighted by Gasteiger charge is -2.14. The zero-order valence-corrected chi connectivity index (χ0v) is 14.2. The number of benzene rings is 1. The van der Waals surface area contributed by atoms with Gasteiger partial charge in [-0.2, -0.15) is 5.26 Å². The predicted octanol–water partition coefficient (Wildman–Crippen LogP) is 4.36. The Morgan fingerprint density at radius 2 is 2.00 bits per heavy atom. The minimum atomic E-state index is -0.557. The van der Waals surface area contributed by atoms with Gasteiger partial charge in [0.15, 0.2) is 0 Å². The van der Waals surface area contributed by atoms with E-state index in [0.29, 0.717) is 12.5 Å². The van der Waals surface area contributed by atoms with Crippen LogP contribution in [0.4, 0.5) is 0 Å². The number of unbranched alkanes of at least 4 members (excludes halogenated alkanes) is 1. The molecule has 1 atom stereocenters. The van der Waals surface area contributed by atoms with Gasteiger partial charge in [-0.3, -0.25) is 0 Å². The molecule has 0 bridgehead atoms. The molecule has 1 aromatic carbocycles. The lowest BCUT2D eigenvalue weighted by atomic mass is 10.0. The summed E-state index contributed by atoms with van der Waals surface area (Å²) < 4.78 is 10.4. The van der Waals surface area contributed by atoms with Crippen molar-refractivity contribution in [3.63, 3.8) is 0 Å². The van der Waals surface area contributed by atoms with Crippen molar-refractivity contribution in [2.24, 2.45) is 5.92 Å². The van der Waals surface area contributed by atoms with Crippen LogP contribution in [0, 0.1) is 17.2 Å². The van der Waals surface area contributed by atoms with Crippen molar-refractivity contribution in [2.45, 2.75) is 39.5 Å². The fourth-order valence-corrected chi connectivity index (χ4v) is 2.17. The first-order valence-electron chi connectivity index (χ1n) is 8.07. The zero-order valence-electron chi connectivity index (χ0n) is 14.2. The first kappa shape index (κ1) is 18.8. The van der Waals surface area contributed by atoms with E-state index in [-0.39, 0.29) is 5.57 Å². The van der Waals surface area contributed by atoms with Crippen LogP contribution in [-0.4, -0.2) is 19.7 Å². The summed E-state index contributed by atoms with van der Waals surface area (Å²) in [7, 11) is 1.59. The molecule has 0 heterocycles. The molecule has 0 spiro atoms. The molecule has 0 aliphatic rings. The first-order chi connectivity index (χ1) is 11.1. The number of nitriles is 1. The summed E-state index contributed by atoms with van der Waals surface area (Å²) in [6.45, 7) is 4.60. The number of rotatable bonds is 9. The minimum Gasteiger partial charge on any atom is -0.497 e. The monoisotopic (exact) mass is 315 g/mol. The van der Waals surface area contributed by atoms with Gasteiger partial charge in [-0.05, 0) is 36.1 Å². The van der Waals surface area contributed by atoms with Crippen molar-refractivity contribution >= 4 is 12.0 Å². The maximum absolute atomic E-state index is 12.1. The molecular formula is C19H25NO3. The number of esters is 1. The van der Waals surface area contributed by atoms with Gasteiger partial charge in [-0.1, -0.05) is 45.2 Å². The highest BCUT2D eigenvalue weighted by Gasteiger charge is 2.14. The second kappa shape index (κ2) is 10.4. The number of carbonyl (C=O) groups is 1. The van der Waals surface area contributed by atoms with E-state index in [4.69, 9.17) is 9.47 Å². The highest BCUT2D eigenvalue weighted by molar-refractivity contribution is 5.97. The third-order valence-corrected chi connectivity index (χ3v) is 3.76. The molecule has 0 fully saturated rings. The van der Waals surface area contributed by atoms with Crippen molar-refractivity contribution in [3.8, 4) is 11.8 Å².